The maximum atomic E-state index is 12.9. The summed E-state index contributed by atoms with van der Waals surface area (Å²) in [6.07, 6.45) is 0.704. The fourth-order valence-electron chi connectivity index (χ4n) is 2.74. The summed E-state index contributed by atoms with van der Waals surface area (Å²) in [5.74, 6) is -0.446. The Morgan fingerprint density at radius 2 is 1.87 bits per heavy atom. The van der Waals surface area contributed by atoms with Crippen molar-refractivity contribution in [3.8, 4) is 10.6 Å². The molecular weight excluding hydrogens is 502 g/mol. The molecule has 31 heavy (non-hydrogen) atoms. The van der Waals surface area contributed by atoms with Crippen LogP contribution < -0.4 is 16.0 Å². The highest BCUT2D eigenvalue weighted by atomic mass is 79.9. The van der Waals surface area contributed by atoms with E-state index in [1.165, 1.54) is 11.3 Å². The number of hydrogen-bond donors (Lipinski definition) is 3. The molecule has 0 bridgehead atoms. The largest absolute Gasteiger partial charge is 0.326 e. The number of halogens is 2. The van der Waals surface area contributed by atoms with Gasteiger partial charge in [0.2, 0.25) is 11.0 Å². The molecule has 0 aliphatic carbocycles. The highest BCUT2D eigenvalue weighted by Crippen LogP contribution is 2.27. The first kappa shape index (κ1) is 23.2. The molecule has 0 radical (unpaired) electrons. The third-order valence-electron chi connectivity index (χ3n) is 4.61. The summed E-state index contributed by atoms with van der Waals surface area (Å²) in [5, 5.41) is 18.0. The van der Waals surface area contributed by atoms with Gasteiger partial charge in [-0.3, -0.25) is 10.1 Å². The Kier molecular flexibility index (Phi) is 8.00. The molecule has 3 aromatic rings. The lowest BCUT2D eigenvalue weighted by Gasteiger charge is -2.23. The van der Waals surface area contributed by atoms with Crippen LogP contribution in [0.3, 0.4) is 0 Å². The predicted octanol–water partition coefficient (Wildman–Crippen LogP) is 5.80. The Morgan fingerprint density at radius 1 is 1.13 bits per heavy atom. The van der Waals surface area contributed by atoms with Gasteiger partial charge in [-0.2, -0.15) is 0 Å². The first-order valence-corrected chi connectivity index (χ1v) is 11.6. The lowest BCUT2D eigenvalue weighted by molar-refractivity contribution is -0.119. The second-order valence-electron chi connectivity index (χ2n) is 6.88. The third-order valence-corrected chi connectivity index (χ3v) is 6.26. The second kappa shape index (κ2) is 10.7. The zero-order chi connectivity index (χ0) is 22.4. The van der Waals surface area contributed by atoms with Crippen LogP contribution in [0.25, 0.3) is 10.6 Å². The molecule has 2 atom stereocenters. The van der Waals surface area contributed by atoms with Crippen LogP contribution in [0.15, 0.2) is 53.0 Å². The molecule has 0 saturated heterocycles. The van der Waals surface area contributed by atoms with E-state index in [9.17, 15) is 9.59 Å². The molecule has 0 spiro atoms. The van der Waals surface area contributed by atoms with E-state index in [-0.39, 0.29) is 11.8 Å². The number of rotatable bonds is 7. The number of nitrogens with zero attached hydrogens (tertiary/aromatic N) is 2. The smallest absolute Gasteiger partial charge is 0.319 e. The van der Waals surface area contributed by atoms with Crippen molar-refractivity contribution in [3.05, 3.63) is 58.0 Å². The average molecular weight is 523 g/mol. The summed E-state index contributed by atoms with van der Waals surface area (Å²) < 4.78 is 0.966. The molecule has 3 rings (SSSR count). The van der Waals surface area contributed by atoms with E-state index in [0.29, 0.717) is 27.3 Å². The Hall–Kier alpha value is -2.49. The van der Waals surface area contributed by atoms with Gasteiger partial charge in [-0.05, 0) is 36.2 Å². The van der Waals surface area contributed by atoms with E-state index in [1.54, 1.807) is 24.3 Å². The zero-order valence-corrected chi connectivity index (χ0v) is 20.0. The molecule has 1 heterocycles. The van der Waals surface area contributed by atoms with Gasteiger partial charge in [-0.25, -0.2) is 4.79 Å². The number of carbonyl (C=O) groups excluding carboxylic acids is 2. The molecule has 3 N–H and O–H groups in total. The van der Waals surface area contributed by atoms with Gasteiger partial charge in [-0.15, -0.1) is 10.2 Å². The highest BCUT2D eigenvalue weighted by Gasteiger charge is 2.27. The molecule has 0 aliphatic rings. The summed E-state index contributed by atoms with van der Waals surface area (Å²) >= 11 is 10.6. The summed E-state index contributed by atoms with van der Waals surface area (Å²) in [5.41, 5.74) is 1.44. The number of amides is 3. The minimum Gasteiger partial charge on any atom is -0.326 e. The van der Waals surface area contributed by atoms with Gasteiger partial charge in [0.25, 0.3) is 0 Å². The molecule has 0 aliphatic heterocycles. The van der Waals surface area contributed by atoms with Crippen molar-refractivity contribution in [3.63, 3.8) is 0 Å². The van der Waals surface area contributed by atoms with Crippen molar-refractivity contribution in [2.75, 3.05) is 10.6 Å². The normalized spacial score (nSPS) is 12.6. The SMILES string of the molecule is CCC(C)C(NC(=O)Nc1cccc(Cl)c1)C(=O)Nc1nnc(-c2ccc(Br)cc2)s1. The first-order chi connectivity index (χ1) is 14.9. The zero-order valence-electron chi connectivity index (χ0n) is 16.9. The highest BCUT2D eigenvalue weighted by molar-refractivity contribution is 9.10. The first-order valence-electron chi connectivity index (χ1n) is 9.59. The average Bonchev–Trinajstić information content (AvgIpc) is 3.20. The quantitative estimate of drug-likeness (QED) is 0.366. The molecule has 3 amide bonds. The van der Waals surface area contributed by atoms with Crippen molar-refractivity contribution in [2.24, 2.45) is 5.92 Å². The number of carbonyl (C=O) groups is 2. The van der Waals surface area contributed by atoms with E-state index in [2.05, 4.69) is 42.1 Å². The van der Waals surface area contributed by atoms with Crippen LogP contribution in [0.4, 0.5) is 15.6 Å². The van der Waals surface area contributed by atoms with Gasteiger partial charge in [0.05, 0.1) is 0 Å². The molecule has 0 fully saturated rings. The number of benzene rings is 2. The van der Waals surface area contributed by atoms with Gasteiger partial charge in [0.15, 0.2) is 0 Å². The molecule has 10 heteroatoms. The van der Waals surface area contributed by atoms with Gasteiger partial charge >= 0.3 is 6.03 Å². The van der Waals surface area contributed by atoms with E-state index in [4.69, 9.17) is 11.6 Å². The molecule has 7 nitrogen and oxygen atoms in total. The van der Waals surface area contributed by atoms with Crippen molar-refractivity contribution in [2.45, 2.75) is 26.3 Å². The summed E-state index contributed by atoms with van der Waals surface area (Å²) in [6.45, 7) is 3.86. The van der Waals surface area contributed by atoms with Gasteiger partial charge in [0.1, 0.15) is 11.0 Å². The van der Waals surface area contributed by atoms with E-state index in [1.807, 2.05) is 38.1 Å². The van der Waals surface area contributed by atoms with E-state index < -0.39 is 12.1 Å². The number of nitrogens with one attached hydrogen (secondary N) is 3. The maximum Gasteiger partial charge on any atom is 0.319 e. The van der Waals surface area contributed by atoms with Crippen LogP contribution in [-0.4, -0.2) is 28.2 Å². The Bertz CT molecular complexity index is 1060. The van der Waals surface area contributed by atoms with Crippen molar-refractivity contribution in [1.82, 2.24) is 15.5 Å². The number of anilines is 2. The van der Waals surface area contributed by atoms with Crippen molar-refractivity contribution in [1.29, 1.82) is 0 Å². The number of aromatic nitrogens is 2. The fraction of sp³-hybridized carbons (Fsp3) is 0.238. The number of hydrogen-bond acceptors (Lipinski definition) is 5. The lowest BCUT2D eigenvalue weighted by Crippen LogP contribution is -2.49. The lowest BCUT2D eigenvalue weighted by atomic mass is 9.98. The standard InChI is InChI=1S/C21H21BrClN5O2S/c1-3-12(2)17(25-20(30)24-16-6-4-5-15(23)11-16)18(29)26-21-28-27-19(31-21)13-7-9-14(22)10-8-13/h4-12,17H,3H2,1-2H3,(H2,24,25,30)(H,26,28,29). The van der Waals surface area contributed by atoms with Gasteiger partial charge in [-0.1, -0.05) is 77.3 Å². The maximum absolute atomic E-state index is 12.9. The van der Waals surface area contributed by atoms with Crippen LogP contribution in [0, 0.1) is 5.92 Å². The van der Waals surface area contributed by atoms with Crippen molar-refractivity contribution < 1.29 is 9.59 Å². The monoisotopic (exact) mass is 521 g/mol. The van der Waals surface area contributed by atoms with E-state index in [0.717, 1.165) is 10.0 Å². The minimum absolute atomic E-state index is 0.0935. The fourth-order valence-corrected chi connectivity index (χ4v) is 3.95. The summed E-state index contributed by atoms with van der Waals surface area (Å²) in [7, 11) is 0. The Balaban J connectivity index is 1.67. The summed E-state index contributed by atoms with van der Waals surface area (Å²) in [6, 6.07) is 13.2. The number of urea groups is 1. The van der Waals surface area contributed by atoms with Crippen LogP contribution in [-0.2, 0) is 4.79 Å². The Morgan fingerprint density at radius 3 is 2.55 bits per heavy atom. The van der Waals surface area contributed by atoms with Crippen LogP contribution in [0.2, 0.25) is 5.02 Å². The minimum atomic E-state index is -0.746. The predicted molar refractivity (Wildman–Crippen MR) is 129 cm³/mol. The van der Waals surface area contributed by atoms with E-state index >= 15 is 0 Å². The third kappa shape index (κ3) is 6.49. The van der Waals surface area contributed by atoms with Gasteiger partial charge < -0.3 is 10.6 Å². The van der Waals surface area contributed by atoms with Crippen LogP contribution in [0.1, 0.15) is 20.3 Å². The molecule has 1 aromatic heterocycles. The molecule has 2 unspecified atom stereocenters. The van der Waals surface area contributed by atoms with Crippen LogP contribution in [0.5, 0.6) is 0 Å². The summed E-state index contributed by atoms with van der Waals surface area (Å²) in [4.78, 5) is 25.4. The second-order valence-corrected chi connectivity index (χ2v) is 9.21. The van der Waals surface area contributed by atoms with Gasteiger partial charge in [0, 0.05) is 20.7 Å². The molecule has 0 saturated carbocycles. The van der Waals surface area contributed by atoms with Crippen molar-refractivity contribution >= 4 is 61.6 Å². The topological polar surface area (TPSA) is 96.0 Å². The molecular formula is C21H21BrClN5O2S. The molecule has 162 valence electrons. The van der Waals surface area contributed by atoms with Crippen LogP contribution >= 0.6 is 38.9 Å². The molecule has 2 aromatic carbocycles. The Labute approximate surface area is 197 Å².